The van der Waals surface area contributed by atoms with E-state index in [0.717, 1.165) is 33.4 Å². The van der Waals surface area contributed by atoms with Crippen molar-refractivity contribution in [2.24, 2.45) is 0 Å². The highest BCUT2D eigenvalue weighted by Crippen LogP contribution is 2.29. The Kier molecular flexibility index (Phi) is 6.35. The number of aromatic nitrogens is 4. The number of benzene rings is 3. The minimum absolute atomic E-state index is 0.0847. The average Bonchev–Trinajstić information content (AvgIpc) is 3.27. The molecule has 0 aliphatic heterocycles. The van der Waals surface area contributed by atoms with Gasteiger partial charge in [0.15, 0.2) is 11.0 Å². The van der Waals surface area contributed by atoms with Crippen molar-refractivity contribution in [1.29, 1.82) is 0 Å². The summed E-state index contributed by atoms with van der Waals surface area (Å²) >= 11 is 1.39. The van der Waals surface area contributed by atoms with Gasteiger partial charge in [-0.25, -0.2) is 0 Å². The predicted octanol–water partition coefficient (Wildman–Crippen LogP) is 5.66. The van der Waals surface area contributed by atoms with Gasteiger partial charge in [0.1, 0.15) is 0 Å². The first-order valence-electron chi connectivity index (χ1n) is 11.0. The fourth-order valence-corrected chi connectivity index (χ4v) is 4.62. The van der Waals surface area contributed by atoms with E-state index in [-0.39, 0.29) is 11.2 Å². The second-order valence-corrected chi connectivity index (χ2v) is 9.20. The third-order valence-corrected chi connectivity index (χ3v) is 6.60. The molecule has 6 nitrogen and oxygen atoms in total. The van der Waals surface area contributed by atoms with Crippen LogP contribution in [-0.4, -0.2) is 30.9 Å². The number of fused-ring (bicyclic) bond motifs is 1. The summed E-state index contributed by atoms with van der Waals surface area (Å²) in [6.07, 6.45) is 3.51. The molecule has 1 atom stereocenters. The molecule has 5 rings (SSSR count). The topological polar surface area (TPSA) is 72.7 Å². The van der Waals surface area contributed by atoms with Gasteiger partial charge in [0.05, 0.1) is 11.8 Å². The first-order chi connectivity index (χ1) is 16.7. The average molecular weight is 466 g/mol. The van der Waals surface area contributed by atoms with Crippen LogP contribution < -0.4 is 5.32 Å². The monoisotopic (exact) mass is 465 g/mol. The lowest BCUT2D eigenvalue weighted by atomic mass is 10.1. The second-order valence-electron chi connectivity index (χ2n) is 7.90. The molecule has 0 bridgehead atoms. The van der Waals surface area contributed by atoms with Gasteiger partial charge >= 0.3 is 0 Å². The summed E-state index contributed by atoms with van der Waals surface area (Å²) in [6.45, 7) is 2.48. The molecule has 0 radical (unpaired) electrons. The molecule has 5 aromatic rings. The molecule has 7 heteroatoms. The molecule has 0 aliphatic rings. The lowest BCUT2D eigenvalue weighted by Crippen LogP contribution is -2.23. The highest BCUT2D eigenvalue weighted by molar-refractivity contribution is 8.00. The Morgan fingerprint density at radius 1 is 0.941 bits per heavy atom. The first kappa shape index (κ1) is 21.9. The number of carbonyl (C=O) groups is 1. The van der Waals surface area contributed by atoms with Crippen LogP contribution in [0.25, 0.3) is 22.2 Å². The molecule has 2 aromatic heterocycles. The van der Waals surface area contributed by atoms with Crippen molar-refractivity contribution in [2.75, 3.05) is 5.32 Å². The van der Waals surface area contributed by atoms with Crippen LogP contribution in [0.1, 0.15) is 12.5 Å². The Morgan fingerprint density at radius 3 is 2.56 bits per heavy atom. The minimum Gasteiger partial charge on any atom is -0.325 e. The van der Waals surface area contributed by atoms with Gasteiger partial charge in [-0.3, -0.25) is 14.3 Å². The van der Waals surface area contributed by atoms with E-state index in [1.165, 1.54) is 11.8 Å². The smallest absolute Gasteiger partial charge is 0.237 e. The lowest BCUT2D eigenvalue weighted by molar-refractivity contribution is -0.115. The Morgan fingerprint density at radius 2 is 1.74 bits per heavy atom. The summed E-state index contributed by atoms with van der Waals surface area (Å²) in [5, 5.41) is 14.4. The summed E-state index contributed by atoms with van der Waals surface area (Å²) in [5.74, 6) is 0.639. The quantitative estimate of drug-likeness (QED) is 0.314. The number of hydrogen-bond donors (Lipinski definition) is 1. The molecule has 34 heavy (non-hydrogen) atoms. The molecule has 0 unspecified atom stereocenters. The Balaban J connectivity index is 1.41. The van der Waals surface area contributed by atoms with E-state index in [9.17, 15) is 4.79 Å². The number of nitrogens with zero attached hydrogens (tertiary/aromatic N) is 4. The number of carbonyl (C=O) groups excluding carboxylic acids is 1. The molecular formula is C27H23N5OS. The van der Waals surface area contributed by atoms with Crippen LogP contribution in [0.5, 0.6) is 0 Å². The predicted molar refractivity (Wildman–Crippen MR) is 137 cm³/mol. The summed E-state index contributed by atoms with van der Waals surface area (Å²) in [7, 11) is 0. The van der Waals surface area contributed by atoms with Gasteiger partial charge in [-0.2, -0.15) is 0 Å². The summed E-state index contributed by atoms with van der Waals surface area (Å²) in [5.41, 5.74) is 2.81. The molecule has 0 fully saturated rings. The molecule has 0 spiro atoms. The summed E-state index contributed by atoms with van der Waals surface area (Å²) in [4.78, 5) is 17.3. The molecule has 0 saturated carbocycles. The first-order valence-corrected chi connectivity index (χ1v) is 11.9. The fourth-order valence-electron chi connectivity index (χ4n) is 3.77. The van der Waals surface area contributed by atoms with Crippen LogP contribution in [0.15, 0.2) is 102 Å². The maximum absolute atomic E-state index is 13.1. The van der Waals surface area contributed by atoms with Crippen LogP contribution in [0, 0.1) is 0 Å². The van der Waals surface area contributed by atoms with Gasteiger partial charge in [0.2, 0.25) is 5.91 Å². The zero-order chi connectivity index (χ0) is 23.3. The van der Waals surface area contributed by atoms with E-state index >= 15 is 0 Å². The number of hydrogen-bond acceptors (Lipinski definition) is 5. The van der Waals surface area contributed by atoms with Gasteiger partial charge in [-0.15, -0.1) is 10.2 Å². The number of thioether (sulfide) groups is 1. The van der Waals surface area contributed by atoms with E-state index in [1.54, 1.807) is 12.4 Å². The third kappa shape index (κ3) is 4.70. The van der Waals surface area contributed by atoms with E-state index in [2.05, 4.69) is 32.6 Å². The van der Waals surface area contributed by atoms with Gasteiger partial charge in [0, 0.05) is 29.0 Å². The summed E-state index contributed by atoms with van der Waals surface area (Å²) in [6, 6.07) is 27.9. The normalized spacial score (nSPS) is 11.9. The van der Waals surface area contributed by atoms with Crippen molar-refractivity contribution in [2.45, 2.75) is 23.9 Å². The van der Waals surface area contributed by atoms with Gasteiger partial charge in [0.25, 0.3) is 0 Å². The third-order valence-electron chi connectivity index (χ3n) is 5.52. The van der Waals surface area contributed by atoms with Crippen LogP contribution in [0.2, 0.25) is 0 Å². The van der Waals surface area contributed by atoms with Crippen molar-refractivity contribution >= 4 is 34.1 Å². The molecule has 3 aromatic carbocycles. The van der Waals surface area contributed by atoms with Crippen LogP contribution >= 0.6 is 11.8 Å². The van der Waals surface area contributed by atoms with Crippen LogP contribution in [0.4, 0.5) is 5.69 Å². The molecule has 0 saturated heterocycles. The largest absolute Gasteiger partial charge is 0.325 e. The molecule has 0 aliphatic carbocycles. The summed E-state index contributed by atoms with van der Waals surface area (Å²) < 4.78 is 2.04. The van der Waals surface area contributed by atoms with Crippen LogP contribution in [-0.2, 0) is 11.3 Å². The molecular weight excluding hydrogens is 442 g/mol. The highest BCUT2D eigenvalue weighted by Gasteiger charge is 2.21. The van der Waals surface area contributed by atoms with Crippen molar-refractivity contribution < 1.29 is 4.79 Å². The van der Waals surface area contributed by atoms with Gasteiger partial charge in [-0.05, 0) is 36.1 Å². The van der Waals surface area contributed by atoms with E-state index < -0.39 is 0 Å². The van der Waals surface area contributed by atoms with E-state index in [0.29, 0.717) is 11.7 Å². The molecule has 1 N–H and O–H groups in total. The van der Waals surface area contributed by atoms with Crippen molar-refractivity contribution in [3.8, 4) is 11.4 Å². The number of pyridine rings is 1. The number of anilines is 1. The number of amides is 1. The number of nitrogens with one attached hydrogen (secondary N) is 1. The maximum atomic E-state index is 13.1. The lowest BCUT2D eigenvalue weighted by Gasteiger charge is -2.15. The fraction of sp³-hybridized carbons (Fsp3) is 0.111. The molecule has 1 amide bonds. The minimum atomic E-state index is -0.376. The van der Waals surface area contributed by atoms with Gasteiger partial charge in [-0.1, -0.05) is 78.5 Å². The Bertz CT molecular complexity index is 1410. The van der Waals surface area contributed by atoms with Crippen molar-refractivity contribution in [1.82, 2.24) is 19.7 Å². The highest BCUT2D eigenvalue weighted by atomic mass is 32.2. The van der Waals surface area contributed by atoms with Gasteiger partial charge < -0.3 is 5.32 Å². The molecule has 168 valence electrons. The Labute approximate surface area is 202 Å². The Hall–Kier alpha value is -3.97. The number of rotatable bonds is 7. The van der Waals surface area contributed by atoms with E-state index in [4.69, 9.17) is 0 Å². The maximum Gasteiger partial charge on any atom is 0.237 e. The zero-order valence-corrected chi connectivity index (χ0v) is 19.4. The van der Waals surface area contributed by atoms with E-state index in [1.807, 2.05) is 84.3 Å². The molecule has 2 heterocycles. The second kappa shape index (κ2) is 9.89. The van der Waals surface area contributed by atoms with Crippen molar-refractivity contribution in [3.05, 3.63) is 103 Å². The SMILES string of the molecule is C[C@@H](Sc1nnc(-c2cccnc2)n1Cc1ccccc1)C(=O)Nc1cccc2ccccc12. The standard InChI is InChI=1S/C27H23N5OS/c1-19(26(33)29-24-15-7-12-21-11-5-6-14-23(21)24)34-27-31-30-25(22-13-8-16-28-17-22)32(27)18-20-9-3-2-4-10-20/h2-17,19H,18H2,1H3,(H,29,33)/t19-/m1/s1. The zero-order valence-electron chi connectivity index (χ0n) is 18.6. The van der Waals surface area contributed by atoms with Crippen molar-refractivity contribution in [3.63, 3.8) is 0 Å². The van der Waals surface area contributed by atoms with Crippen LogP contribution in [0.3, 0.4) is 0 Å².